The molecule has 4 rings (SSSR count). The van der Waals surface area contributed by atoms with E-state index in [0.29, 0.717) is 34.0 Å². The quantitative estimate of drug-likeness (QED) is 0.769. The highest BCUT2D eigenvalue weighted by Crippen LogP contribution is 2.38. The van der Waals surface area contributed by atoms with E-state index in [-0.39, 0.29) is 19.1 Å². The predicted molar refractivity (Wildman–Crippen MR) is 89.7 cm³/mol. The number of aromatic nitrogens is 3. The smallest absolute Gasteiger partial charge is 0.319 e. The monoisotopic (exact) mass is 362 g/mol. The van der Waals surface area contributed by atoms with Crippen LogP contribution in [-0.4, -0.2) is 33.3 Å². The molecule has 1 saturated carbocycles. The van der Waals surface area contributed by atoms with Crippen molar-refractivity contribution in [2.24, 2.45) is 0 Å². The van der Waals surface area contributed by atoms with Gasteiger partial charge in [-0.1, -0.05) is 11.6 Å². The van der Waals surface area contributed by atoms with Gasteiger partial charge in [0.25, 0.3) is 5.91 Å². The van der Waals surface area contributed by atoms with Crippen LogP contribution in [0.15, 0.2) is 18.5 Å². The zero-order valence-corrected chi connectivity index (χ0v) is 13.8. The van der Waals surface area contributed by atoms with Gasteiger partial charge in [-0.15, -0.1) is 10.2 Å². The Kier molecular flexibility index (Phi) is 3.92. The van der Waals surface area contributed by atoms with Crippen LogP contribution in [0.5, 0.6) is 5.75 Å². The first kappa shape index (κ1) is 15.7. The molecule has 2 aliphatic rings. The van der Waals surface area contributed by atoms with Gasteiger partial charge >= 0.3 is 6.03 Å². The van der Waals surface area contributed by atoms with Gasteiger partial charge in [-0.2, -0.15) is 0 Å². The van der Waals surface area contributed by atoms with Crippen LogP contribution in [0.4, 0.5) is 16.2 Å². The maximum absolute atomic E-state index is 12.2. The molecule has 130 valence electrons. The Morgan fingerprint density at radius 2 is 2.28 bits per heavy atom. The fourth-order valence-electron chi connectivity index (χ4n) is 2.64. The first-order chi connectivity index (χ1) is 12.1. The van der Waals surface area contributed by atoms with Crippen LogP contribution < -0.4 is 20.7 Å². The average Bonchev–Trinajstić information content (AvgIpc) is 3.30. The van der Waals surface area contributed by atoms with Crippen LogP contribution in [-0.2, 0) is 11.3 Å². The lowest BCUT2D eigenvalue weighted by Crippen LogP contribution is -2.31. The lowest BCUT2D eigenvalue weighted by atomic mass is 10.2. The number of carbonyl (C=O) groups is 2. The Hall–Kier alpha value is -2.81. The van der Waals surface area contributed by atoms with Gasteiger partial charge in [0.1, 0.15) is 6.33 Å². The molecule has 1 fully saturated rings. The van der Waals surface area contributed by atoms with Crippen molar-refractivity contribution in [2.45, 2.75) is 25.4 Å². The minimum atomic E-state index is -0.435. The Labute approximate surface area is 147 Å². The van der Waals surface area contributed by atoms with E-state index >= 15 is 0 Å². The summed E-state index contributed by atoms with van der Waals surface area (Å²) in [5.74, 6) is 0.805. The molecule has 2 aromatic rings. The summed E-state index contributed by atoms with van der Waals surface area (Å²) >= 11 is 6.03. The second-order valence-corrected chi connectivity index (χ2v) is 6.30. The molecular formula is C15H15ClN6O3. The van der Waals surface area contributed by atoms with E-state index in [9.17, 15) is 9.59 Å². The molecule has 3 amide bonds. The minimum absolute atomic E-state index is 0.116. The molecular weight excluding hydrogens is 348 g/mol. The zero-order chi connectivity index (χ0) is 17.4. The number of halogens is 1. The molecule has 9 nitrogen and oxygen atoms in total. The first-order valence-electron chi connectivity index (χ1n) is 7.79. The number of fused-ring (bicyclic) bond motifs is 1. The molecule has 0 radical (unpaired) electrons. The van der Waals surface area contributed by atoms with Gasteiger partial charge in [0, 0.05) is 11.1 Å². The highest BCUT2D eigenvalue weighted by molar-refractivity contribution is 6.31. The SMILES string of the molecule is O=C1COc2c(cc(Cl)cc2NC(=O)NCc2nncn2C2CC2)N1. The van der Waals surface area contributed by atoms with Crippen LogP contribution in [0.25, 0.3) is 0 Å². The third-order valence-electron chi connectivity index (χ3n) is 3.92. The van der Waals surface area contributed by atoms with Gasteiger partial charge in [-0.05, 0) is 25.0 Å². The largest absolute Gasteiger partial charge is 0.479 e. The van der Waals surface area contributed by atoms with Gasteiger partial charge < -0.3 is 25.3 Å². The highest BCUT2D eigenvalue weighted by Gasteiger charge is 2.26. The van der Waals surface area contributed by atoms with Crippen molar-refractivity contribution in [1.29, 1.82) is 0 Å². The number of ether oxygens (including phenoxy) is 1. The van der Waals surface area contributed by atoms with Crippen LogP contribution in [0.2, 0.25) is 5.02 Å². The number of rotatable bonds is 4. The van der Waals surface area contributed by atoms with Gasteiger partial charge in [-0.3, -0.25) is 4.79 Å². The number of hydrogen-bond acceptors (Lipinski definition) is 5. The number of benzene rings is 1. The normalized spacial score (nSPS) is 15.8. The fourth-order valence-corrected chi connectivity index (χ4v) is 2.85. The van der Waals surface area contributed by atoms with Crippen molar-refractivity contribution in [3.63, 3.8) is 0 Å². The van der Waals surface area contributed by atoms with Crippen LogP contribution in [0, 0.1) is 0 Å². The van der Waals surface area contributed by atoms with E-state index in [4.69, 9.17) is 16.3 Å². The van der Waals surface area contributed by atoms with Crippen LogP contribution in [0.3, 0.4) is 0 Å². The van der Waals surface area contributed by atoms with Crippen molar-refractivity contribution in [3.8, 4) is 5.75 Å². The molecule has 3 N–H and O–H groups in total. The summed E-state index contributed by atoms with van der Waals surface area (Å²) in [4.78, 5) is 23.6. The minimum Gasteiger partial charge on any atom is -0.479 e. The lowest BCUT2D eigenvalue weighted by molar-refractivity contribution is -0.118. The number of urea groups is 1. The lowest BCUT2D eigenvalue weighted by Gasteiger charge is -2.21. The van der Waals surface area contributed by atoms with Crippen molar-refractivity contribution in [3.05, 3.63) is 29.3 Å². The Balaban J connectivity index is 1.44. The molecule has 1 aliphatic heterocycles. The number of amides is 3. The molecule has 0 spiro atoms. The summed E-state index contributed by atoms with van der Waals surface area (Å²) in [6, 6.07) is 3.13. The average molecular weight is 363 g/mol. The molecule has 25 heavy (non-hydrogen) atoms. The fraction of sp³-hybridized carbons (Fsp3) is 0.333. The summed E-state index contributed by atoms with van der Waals surface area (Å²) in [6.45, 7) is 0.137. The third kappa shape index (κ3) is 3.36. The van der Waals surface area contributed by atoms with Crippen LogP contribution in [0.1, 0.15) is 24.7 Å². The van der Waals surface area contributed by atoms with E-state index in [0.717, 1.165) is 12.8 Å². The van der Waals surface area contributed by atoms with E-state index in [1.54, 1.807) is 18.5 Å². The summed E-state index contributed by atoms with van der Waals surface area (Å²) in [5, 5.41) is 16.4. The Morgan fingerprint density at radius 1 is 1.44 bits per heavy atom. The first-order valence-corrected chi connectivity index (χ1v) is 8.17. The Bertz CT molecular complexity index is 848. The van der Waals surface area contributed by atoms with Gasteiger partial charge in [0.05, 0.1) is 17.9 Å². The summed E-state index contributed by atoms with van der Waals surface area (Å²) in [6.07, 6.45) is 3.89. The van der Waals surface area contributed by atoms with Crippen molar-refractivity contribution >= 4 is 34.9 Å². The molecule has 10 heteroatoms. The summed E-state index contributed by atoms with van der Waals surface area (Å²) in [5.41, 5.74) is 0.802. The third-order valence-corrected chi connectivity index (χ3v) is 4.14. The molecule has 1 aromatic carbocycles. The Morgan fingerprint density at radius 3 is 3.08 bits per heavy atom. The van der Waals surface area contributed by atoms with E-state index in [1.807, 2.05) is 4.57 Å². The number of hydrogen-bond donors (Lipinski definition) is 3. The van der Waals surface area contributed by atoms with Gasteiger partial charge in [0.2, 0.25) is 0 Å². The maximum Gasteiger partial charge on any atom is 0.319 e. The number of anilines is 2. The predicted octanol–water partition coefficient (Wildman–Crippen LogP) is 1.92. The molecule has 0 bridgehead atoms. The molecule has 0 unspecified atom stereocenters. The highest BCUT2D eigenvalue weighted by atomic mass is 35.5. The molecule has 0 saturated heterocycles. The maximum atomic E-state index is 12.2. The van der Waals surface area contributed by atoms with E-state index in [2.05, 4.69) is 26.1 Å². The van der Waals surface area contributed by atoms with Crippen molar-refractivity contribution < 1.29 is 14.3 Å². The number of carbonyl (C=O) groups excluding carboxylic acids is 2. The van der Waals surface area contributed by atoms with Crippen molar-refractivity contribution in [2.75, 3.05) is 17.2 Å². The zero-order valence-electron chi connectivity index (χ0n) is 13.1. The van der Waals surface area contributed by atoms with Gasteiger partial charge in [0.15, 0.2) is 18.2 Å². The van der Waals surface area contributed by atoms with Crippen molar-refractivity contribution in [1.82, 2.24) is 20.1 Å². The molecule has 1 aliphatic carbocycles. The number of nitrogens with one attached hydrogen (secondary N) is 3. The second-order valence-electron chi connectivity index (χ2n) is 5.86. The summed E-state index contributed by atoms with van der Waals surface area (Å²) < 4.78 is 7.36. The second kappa shape index (κ2) is 6.25. The molecule has 0 atom stereocenters. The number of nitrogens with zero attached hydrogens (tertiary/aromatic N) is 3. The van der Waals surface area contributed by atoms with Gasteiger partial charge in [-0.25, -0.2) is 4.79 Å². The topological polar surface area (TPSA) is 110 Å². The standard InChI is InChI=1S/C15H15ClN6O3/c16-8-3-10-14(25-6-13(23)19-10)11(4-8)20-15(24)17-5-12-21-18-7-22(12)9-1-2-9/h3-4,7,9H,1-2,5-6H2,(H,19,23)(H2,17,20,24). The summed E-state index contributed by atoms with van der Waals surface area (Å²) in [7, 11) is 0. The van der Waals surface area contributed by atoms with E-state index in [1.165, 1.54) is 0 Å². The molecule has 1 aromatic heterocycles. The molecule has 2 heterocycles. The van der Waals surface area contributed by atoms with Crippen LogP contribution >= 0.6 is 11.6 Å². The van der Waals surface area contributed by atoms with E-state index < -0.39 is 6.03 Å².